The molecule has 9 heteroatoms. The molecule has 1 N–H and O–H groups in total. The summed E-state index contributed by atoms with van der Waals surface area (Å²) in [6, 6.07) is 8.53. The second kappa shape index (κ2) is 7.83. The average molecular weight is 409 g/mol. The molecule has 156 valence electrons. The lowest BCUT2D eigenvalue weighted by Crippen LogP contribution is -2.38. The van der Waals surface area contributed by atoms with Crippen LogP contribution in [-0.2, 0) is 6.54 Å². The van der Waals surface area contributed by atoms with Gasteiger partial charge in [0.15, 0.2) is 11.2 Å². The van der Waals surface area contributed by atoms with Crippen molar-refractivity contribution in [1.29, 1.82) is 0 Å². The molecule has 0 spiro atoms. The number of rotatable bonds is 6. The van der Waals surface area contributed by atoms with Crippen molar-refractivity contribution in [3.8, 4) is 0 Å². The van der Waals surface area contributed by atoms with Crippen LogP contribution in [-0.4, -0.2) is 45.3 Å². The molecule has 0 saturated carbocycles. The van der Waals surface area contributed by atoms with E-state index < -0.39 is 5.76 Å². The molecule has 1 aromatic carbocycles. The summed E-state index contributed by atoms with van der Waals surface area (Å²) in [5.74, 6) is -0.495. The molecule has 0 bridgehead atoms. The Morgan fingerprint density at radius 2 is 2.07 bits per heavy atom. The predicted octanol–water partition coefficient (Wildman–Crippen LogP) is 2.66. The van der Waals surface area contributed by atoms with Gasteiger partial charge in [-0.3, -0.25) is 9.88 Å². The van der Waals surface area contributed by atoms with Gasteiger partial charge < -0.3 is 19.0 Å². The van der Waals surface area contributed by atoms with Crippen molar-refractivity contribution in [3.63, 3.8) is 0 Å². The van der Waals surface area contributed by atoms with Gasteiger partial charge in [-0.25, -0.2) is 4.79 Å². The molecule has 4 heterocycles. The molecule has 0 radical (unpaired) electrons. The van der Waals surface area contributed by atoms with E-state index in [1.807, 2.05) is 31.2 Å². The molecular formula is C21H23N5O4. The summed E-state index contributed by atoms with van der Waals surface area (Å²) in [6.45, 7) is 4.96. The van der Waals surface area contributed by atoms with E-state index in [0.717, 1.165) is 43.6 Å². The van der Waals surface area contributed by atoms with Crippen molar-refractivity contribution in [3.05, 3.63) is 52.8 Å². The SMILES string of the molecule is CCOn1c(=O)oc2cc(CN3CCC(Nc4nc5ccncc5o4)CC3)ccc21. The predicted molar refractivity (Wildman–Crippen MR) is 111 cm³/mol. The van der Waals surface area contributed by atoms with Crippen LogP contribution in [0.5, 0.6) is 0 Å². The number of oxazole rings is 2. The van der Waals surface area contributed by atoms with E-state index >= 15 is 0 Å². The van der Waals surface area contributed by atoms with Crippen molar-refractivity contribution in [1.82, 2.24) is 19.6 Å². The maximum Gasteiger partial charge on any atom is 0.453 e. The lowest BCUT2D eigenvalue weighted by atomic mass is 10.0. The first-order valence-corrected chi connectivity index (χ1v) is 10.2. The Bertz CT molecular complexity index is 1190. The van der Waals surface area contributed by atoms with Crippen molar-refractivity contribution < 1.29 is 13.7 Å². The standard InChI is InChI=1S/C21H23N5O4/c1-2-28-26-17-4-3-14(11-18(17)30-21(26)27)13-25-9-6-15(7-10-25)23-20-24-16-5-8-22-12-19(16)29-20/h3-5,8,11-12,15H,2,6-7,9-10,13H2,1H3,(H,23,24). The largest absolute Gasteiger partial charge is 0.453 e. The topological polar surface area (TPSA) is 98.6 Å². The van der Waals surface area contributed by atoms with Crippen molar-refractivity contribution >= 4 is 28.2 Å². The van der Waals surface area contributed by atoms with Gasteiger partial charge in [0, 0.05) is 31.9 Å². The summed E-state index contributed by atoms with van der Waals surface area (Å²) >= 11 is 0. The maximum absolute atomic E-state index is 11.9. The smallest absolute Gasteiger partial charge is 0.422 e. The number of pyridine rings is 1. The highest BCUT2D eigenvalue weighted by Gasteiger charge is 2.21. The molecule has 1 aliphatic rings. The van der Waals surface area contributed by atoms with Crippen LogP contribution in [0, 0.1) is 0 Å². The highest BCUT2D eigenvalue weighted by Crippen LogP contribution is 2.22. The molecule has 0 amide bonds. The fourth-order valence-corrected chi connectivity index (χ4v) is 3.90. The molecule has 9 nitrogen and oxygen atoms in total. The molecular weight excluding hydrogens is 386 g/mol. The monoisotopic (exact) mass is 409 g/mol. The zero-order valence-corrected chi connectivity index (χ0v) is 16.7. The number of benzene rings is 1. The van der Waals surface area contributed by atoms with E-state index in [1.54, 1.807) is 12.4 Å². The number of aromatic nitrogens is 3. The van der Waals surface area contributed by atoms with Gasteiger partial charge in [-0.1, -0.05) is 6.07 Å². The van der Waals surface area contributed by atoms with Crippen LogP contribution in [0.2, 0.25) is 0 Å². The quantitative estimate of drug-likeness (QED) is 0.519. The van der Waals surface area contributed by atoms with E-state index in [9.17, 15) is 4.79 Å². The molecule has 1 fully saturated rings. The third-order valence-electron chi connectivity index (χ3n) is 5.38. The first-order valence-electron chi connectivity index (χ1n) is 10.2. The Kier molecular flexibility index (Phi) is 4.88. The van der Waals surface area contributed by atoms with Crippen molar-refractivity contribution in [2.24, 2.45) is 0 Å². The molecule has 3 aromatic heterocycles. The molecule has 1 aliphatic heterocycles. The lowest BCUT2D eigenvalue weighted by molar-refractivity contribution is 0.113. The number of hydrogen-bond acceptors (Lipinski definition) is 8. The third-order valence-corrected chi connectivity index (χ3v) is 5.38. The van der Waals surface area contributed by atoms with E-state index in [4.69, 9.17) is 13.7 Å². The fraction of sp³-hybridized carbons (Fsp3) is 0.381. The van der Waals surface area contributed by atoms with Gasteiger partial charge in [0.1, 0.15) is 17.6 Å². The zero-order chi connectivity index (χ0) is 20.5. The number of anilines is 1. The van der Waals surface area contributed by atoms with E-state index in [-0.39, 0.29) is 0 Å². The maximum atomic E-state index is 11.9. The Hall–Kier alpha value is -3.33. The minimum Gasteiger partial charge on any atom is -0.422 e. The van der Waals surface area contributed by atoms with Gasteiger partial charge in [-0.15, -0.1) is 4.73 Å². The number of hydrogen-bond donors (Lipinski definition) is 1. The molecule has 30 heavy (non-hydrogen) atoms. The summed E-state index contributed by atoms with van der Waals surface area (Å²) < 4.78 is 12.2. The van der Waals surface area contributed by atoms with E-state index in [0.29, 0.717) is 35.3 Å². The number of likely N-dealkylation sites (tertiary alicyclic amines) is 1. The summed E-state index contributed by atoms with van der Waals surface area (Å²) in [4.78, 5) is 28.2. The summed E-state index contributed by atoms with van der Waals surface area (Å²) in [6.07, 6.45) is 5.38. The second-order valence-electron chi connectivity index (χ2n) is 7.44. The Labute approximate surface area is 172 Å². The number of fused-ring (bicyclic) bond motifs is 2. The Morgan fingerprint density at radius 1 is 1.20 bits per heavy atom. The summed E-state index contributed by atoms with van der Waals surface area (Å²) in [7, 11) is 0. The molecule has 5 rings (SSSR count). The van der Waals surface area contributed by atoms with Crippen LogP contribution >= 0.6 is 0 Å². The minimum absolute atomic E-state index is 0.322. The van der Waals surface area contributed by atoms with Gasteiger partial charge in [0.25, 0.3) is 6.01 Å². The molecule has 1 saturated heterocycles. The average Bonchev–Trinajstić information content (AvgIpc) is 3.29. The van der Waals surface area contributed by atoms with E-state index in [1.165, 1.54) is 4.73 Å². The lowest BCUT2D eigenvalue weighted by Gasteiger charge is -2.32. The van der Waals surface area contributed by atoms with Crippen LogP contribution in [0.1, 0.15) is 25.3 Å². The van der Waals surface area contributed by atoms with Crippen LogP contribution in [0.15, 0.2) is 50.3 Å². The Balaban J connectivity index is 1.20. The van der Waals surface area contributed by atoms with Gasteiger partial charge in [0.05, 0.1) is 6.20 Å². The molecule has 0 atom stereocenters. The van der Waals surface area contributed by atoms with Gasteiger partial charge in [0.2, 0.25) is 0 Å². The highest BCUT2D eigenvalue weighted by atomic mass is 16.7. The number of nitrogens with one attached hydrogen (secondary N) is 1. The van der Waals surface area contributed by atoms with Crippen LogP contribution < -0.4 is 15.9 Å². The normalized spacial score (nSPS) is 15.8. The van der Waals surface area contributed by atoms with Crippen molar-refractivity contribution in [2.45, 2.75) is 32.4 Å². The third kappa shape index (κ3) is 3.63. The number of nitrogens with zero attached hydrogens (tertiary/aromatic N) is 4. The first-order chi connectivity index (χ1) is 14.7. The number of piperidine rings is 1. The molecule has 0 aliphatic carbocycles. The van der Waals surface area contributed by atoms with Gasteiger partial charge >= 0.3 is 5.76 Å². The van der Waals surface area contributed by atoms with Crippen molar-refractivity contribution in [2.75, 3.05) is 25.0 Å². The molecule has 4 aromatic rings. The first kappa shape index (κ1) is 18.7. The van der Waals surface area contributed by atoms with Crippen LogP contribution in [0.4, 0.5) is 6.01 Å². The molecule has 0 unspecified atom stereocenters. The van der Waals surface area contributed by atoms with Crippen LogP contribution in [0.3, 0.4) is 0 Å². The fourth-order valence-electron chi connectivity index (χ4n) is 3.90. The van der Waals surface area contributed by atoms with E-state index in [2.05, 4.69) is 20.2 Å². The highest BCUT2D eigenvalue weighted by molar-refractivity contribution is 5.73. The summed E-state index contributed by atoms with van der Waals surface area (Å²) in [5, 5.41) is 3.40. The second-order valence-corrected chi connectivity index (χ2v) is 7.44. The van der Waals surface area contributed by atoms with Gasteiger partial charge in [-0.05, 0) is 43.5 Å². The van der Waals surface area contributed by atoms with Crippen LogP contribution in [0.25, 0.3) is 22.2 Å². The minimum atomic E-state index is -0.495. The Morgan fingerprint density at radius 3 is 2.87 bits per heavy atom. The van der Waals surface area contributed by atoms with Gasteiger partial charge in [-0.2, -0.15) is 4.98 Å². The zero-order valence-electron chi connectivity index (χ0n) is 16.7. The summed E-state index contributed by atoms with van der Waals surface area (Å²) in [5.41, 5.74) is 3.82.